The fraction of sp³-hybridized carbons (Fsp3) is 0.414. The number of aromatic nitrogens is 2. The number of carbonyl (C=O) groups excluding carboxylic acids is 2. The van der Waals surface area contributed by atoms with Crippen molar-refractivity contribution in [1.29, 1.82) is 0 Å². The van der Waals surface area contributed by atoms with Crippen LogP contribution in [0.5, 0.6) is 0 Å². The summed E-state index contributed by atoms with van der Waals surface area (Å²) < 4.78 is 45.8. The lowest BCUT2D eigenvalue weighted by atomic mass is 9.93. The lowest BCUT2D eigenvalue weighted by molar-refractivity contribution is -0.153. The van der Waals surface area contributed by atoms with Gasteiger partial charge < -0.3 is 24.6 Å². The predicted molar refractivity (Wildman–Crippen MR) is 146 cm³/mol. The van der Waals surface area contributed by atoms with Gasteiger partial charge in [0, 0.05) is 31.7 Å². The monoisotopic (exact) mass is 585 g/mol. The summed E-state index contributed by atoms with van der Waals surface area (Å²) in [4.78, 5) is 49.2. The standard InChI is InChI=1S/C29H30F3N5O5/c1-36(27(39)20-8-5-9-21(20)28(40)41)19-12-14-37(15-13-19)22-11-10-18(16-33-22)34-25(38)23-24(29(30,31)32)42-26(35-23)17-6-3-2-4-7-17/h2-4,6-7,10-11,16,19-21H,5,8-9,12-15H2,1H3,(H,34,38)(H,40,41)/t20-,21-/m0/s1. The molecule has 1 aromatic carbocycles. The van der Waals surface area contributed by atoms with Crippen molar-refractivity contribution in [2.45, 2.75) is 44.3 Å². The molecular weight excluding hydrogens is 555 g/mol. The molecule has 0 radical (unpaired) electrons. The van der Waals surface area contributed by atoms with Crippen molar-refractivity contribution in [3.63, 3.8) is 0 Å². The number of aliphatic carboxylic acids is 1. The molecule has 13 heteroatoms. The van der Waals surface area contributed by atoms with Gasteiger partial charge in [-0.2, -0.15) is 13.2 Å². The molecule has 1 saturated heterocycles. The number of anilines is 2. The topological polar surface area (TPSA) is 129 Å². The van der Waals surface area contributed by atoms with Crippen LogP contribution < -0.4 is 10.2 Å². The van der Waals surface area contributed by atoms with Crippen molar-refractivity contribution in [3.8, 4) is 11.5 Å². The van der Waals surface area contributed by atoms with Gasteiger partial charge in [0.1, 0.15) is 5.82 Å². The number of benzene rings is 1. The molecule has 2 amide bonds. The van der Waals surface area contributed by atoms with Crippen LogP contribution >= 0.6 is 0 Å². The molecule has 3 heterocycles. The van der Waals surface area contributed by atoms with E-state index in [1.54, 1.807) is 42.3 Å². The van der Waals surface area contributed by atoms with Crippen molar-refractivity contribution < 1.29 is 37.1 Å². The minimum absolute atomic E-state index is 0.0200. The third kappa shape index (κ3) is 6.09. The van der Waals surface area contributed by atoms with Crippen LogP contribution in [0, 0.1) is 11.8 Å². The van der Waals surface area contributed by atoms with Gasteiger partial charge in [-0.1, -0.05) is 24.6 Å². The molecule has 3 aromatic rings. The molecule has 2 aromatic heterocycles. The van der Waals surface area contributed by atoms with E-state index in [0.29, 0.717) is 50.2 Å². The second-order valence-electron chi connectivity index (χ2n) is 10.6. The maximum atomic E-state index is 13.6. The zero-order valence-electron chi connectivity index (χ0n) is 22.8. The highest BCUT2D eigenvalue weighted by Crippen LogP contribution is 2.36. The van der Waals surface area contributed by atoms with Gasteiger partial charge in [0.25, 0.3) is 5.91 Å². The molecule has 10 nitrogen and oxygen atoms in total. The Kier molecular flexibility index (Phi) is 8.19. The van der Waals surface area contributed by atoms with Gasteiger partial charge in [0.05, 0.1) is 23.7 Å². The number of pyridine rings is 1. The molecule has 0 bridgehead atoms. The summed E-state index contributed by atoms with van der Waals surface area (Å²) in [6, 6.07) is 11.2. The van der Waals surface area contributed by atoms with Crippen LogP contribution in [0.25, 0.3) is 11.5 Å². The van der Waals surface area contributed by atoms with Crippen LogP contribution in [0.2, 0.25) is 0 Å². The molecule has 222 valence electrons. The van der Waals surface area contributed by atoms with Crippen LogP contribution in [0.1, 0.15) is 48.4 Å². The first kappa shape index (κ1) is 29.1. The van der Waals surface area contributed by atoms with E-state index in [0.717, 1.165) is 6.42 Å². The van der Waals surface area contributed by atoms with E-state index in [2.05, 4.69) is 15.3 Å². The quantitative estimate of drug-likeness (QED) is 0.399. The van der Waals surface area contributed by atoms with E-state index in [-0.39, 0.29) is 23.5 Å². The summed E-state index contributed by atoms with van der Waals surface area (Å²) in [5.74, 6) is -4.41. The molecule has 5 rings (SSSR count). The summed E-state index contributed by atoms with van der Waals surface area (Å²) in [7, 11) is 1.73. The molecule has 0 spiro atoms. The van der Waals surface area contributed by atoms with Gasteiger partial charge in [-0.05, 0) is 49.9 Å². The maximum absolute atomic E-state index is 13.6. The highest BCUT2D eigenvalue weighted by Gasteiger charge is 2.42. The van der Waals surface area contributed by atoms with E-state index in [4.69, 9.17) is 4.42 Å². The first-order valence-corrected chi connectivity index (χ1v) is 13.7. The maximum Gasteiger partial charge on any atom is 0.452 e. The summed E-state index contributed by atoms with van der Waals surface area (Å²) >= 11 is 0. The fourth-order valence-corrected chi connectivity index (χ4v) is 5.68. The van der Waals surface area contributed by atoms with Crippen LogP contribution in [-0.4, -0.2) is 63.9 Å². The molecule has 1 aliphatic heterocycles. The Hall–Kier alpha value is -4.42. The second-order valence-corrected chi connectivity index (χ2v) is 10.6. The Morgan fingerprint density at radius 2 is 1.71 bits per heavy atom. The summed E-state index contributed by atoms with van der Waals surface area (Å²) in [5, 5.41) is 11.8. The van der Waals surface area contributed by atoms with Crippen molar-refractivity contribution in [2.75, 3.05) is 30.4 Å². The number of carboxylic acids is 1. The molecule has 2 atom stereocenters. The SMILES string of the molecule is CN(C(=O)[C@H]1CCC[C@@H]1C(=O)O)C1CCN(c2ccc(NC(=O)c3nc(-c4ccccc4)oc3C(F)(F)F)cn2)CC1. The number of nitrogens with one attached hydrogen (secondary N) is 1. The van der Waals surface area contributed by atoms with Crippen LogP contribution in [0.4, 0.5) is 24.7 Å². The molecule has 1 aliphatic carbocycles. The molecular formula is C29H30F3N5O5. The normalized spacial score (nSPS) is 19.5. The predicted octanol–water partition coefficient (Wildman–Crippen LogP) is 4.94. The van der Waals surface area contributed by atoms with Crippen molar-refractivity contribution in [1.82, 2.24) is 14.9 Å². The van der Waals surface area contributed by atoms with E-state index < -0.39 is 41.3 Å². The third-order valence-corrected chi connectivity index (χ3v) is 7.96. The number of carboxylic acid groups (broad SMARTS) is 1. The summed E-state index contributed by atoms with van der Waals surface area (Å²) in [6.45, 7) is 1.20. The Morgan fingerprint density at radius 1 is 1.02 bits per heavy atom. The van der Waals surface area contributed by atoms with Crippen LogP contribution in [0.15, 0.2) is 53.1 Å². The smallest absolute Gasteiger partial charge is 0.452 e. The molecule has 2 aliphatic rings. The van der Waals surface area contributed by atoms with Gasteiger partial charge in [-0.25, -0.2) is 9.97 Å². The third-order valence-electron chi connectivity index (χ3n) is 7.96. The Labute approximate surface area is 239 Å². The van der Waals surface area contributed by atoms with E-state index in [1.165, 1.54) is 18.3 Å². The Bertz CT molecular complexity index is 1440. The minimum Gasteiger partial charge on any atom is -0.481 e. The highest BCUT2D eigenvalue weighted by atomic mass is 19.4. The van der Waals surface area contributed by atoms with Crippen LogP contribution in [0.3, 0.4) is 0 Å². The van der Waals surface area contributed by atoms with Crippen molar-refractivity contribution in [3.05, 3.63) is 60.1 Å². The van der Waals surface area contributed by atoms with Crippen molar-refractivity contribution in [2.24, 2.45) is 11.8 Å². The average Bonchev–Trinajstić information content (AvgIpc) is 3.66. The van der Waals surface area contributed by atoms with E-state index >= 15 is 0 Å². The number of piperidine rings is 1. The fourth-order valence-electron chi connectivity index (χ4n) is 5.68. The Balaban J connectivity index is 1.20. The number of rotatable bonds is 7. The lowest BCUT2D eigenvalue weighted by Crippen LogP contribution is -2.48. The van der Waals surface area contributed by atoms with Crippen molar-refractivity contribution >= 4 is 29.3 Å². The summed E-state index contributed by atoms with van der Waals surface area (Å²) in [6.07, 6.45) is -0.378. The van der Waals surface area contributed by atoms with Crippen LogP contribution in [-0.2, 0) is 15.8 Å². The van der Waals surface area contributed by atoms with Gasteiger partial charge in [0.15, 0.2) is 5.69 Å². The van der Waals surface area contributed by atoms with E-state index in [9.17, 15) is 32.7 Å². The number of carbonyl (C=O) groups is 3. The number of nitrogens with zero attached hydrogens (tertiary/aromatic N) is 4. The largest absolute Gasteiger partial charge is 0.481 e. The zero-order valence-corrected chi connectivity index (χ0v) is 22.8. The first-order chi connectivity index (χ1) is 20.0. The number of hydrogen-bond donors (Lipinski definition) is 2. The molecule has 0 unspecified atom stereocenters. The first-order valence-electron chi connectivity index (χ1n) is 13.7. The van der Waals surface area contributed by atoms with Gasteiger partial charge in [-0.15, -0.1) is 0 Å². The molecule has 2 N–H and O–H groups in total. The zero-order chi connectivity index (χ0) is 30.0. The Morgan fingerprint density at radius 3 is 2.33 bits per heavy atom. The number of oxazole rings is 1. The number of alkyl halides is 3. The lowest BCUT2D eigenvalue weighted by Gasteiger charge is -2.38. The molecule has 1 saturated carbocycles. The molecule has 2 fully saturated rings. The van der Waals surface area contributed by atoms with E-state index in [1.807, 2.05) is 4.90 Å². The number of amides is 2. The van der Waals surface area contributed by atoms with Gasteiger partial charge >= 0.3 is 12.1 Å². The summed E-state index contributed by atoms with van der Waals surface area (Å²) in [5.41, 5.74) is -0.389. The highest BCUT2D eigenvalue weighted by molar-refractivity contribution is 6.04. The number of hydrogen-bond acceptors (Lipinski definition) is 7. The second kappa shape index (κ2) is 11.8. The van der Waals surface area contributed by atoms with Gasteiger partial charge in [-0.3, -0.25) is 14.4 Å². The average molecular weight is 586 g/mol. The van der Waals surface area contributed by atoms with Gasteiger partial charge in [0.2, 0.25) is 17.6 Å². The minimum atomic E-state index is -4.92. The molecule has 42 heavy (non-hydrogen) atoms. The number of halogens is 3.